The van der Waals surface area contributed by atoms with Crippen molar-refractivity contribution in [2.45, 2.75) is 46.5 Å². The number of hydrogen-bond donors (Lipinski definition) is 2. The SMILES string of the molecule is CCCc1nc(NN)cc(N(CCC)CCC)n1. The zero-order valence-corrected chi connectivity index (χ0v) is 11.7. The highest BCUT2D eigenvalue weighted by atomic mass is 15.3. The zero-order chi connectivity index (χ0) is 13.4. The first-order valence-corrected chi connectivity index (χ1v) is 6.84. The Balaban J connectivity index is 2.99. The molecule has 0 amide bonds. The lowest BCUT2D eigenvalue weighted by molar-refractivity contribution is 0.724. The maximum Gasteiger partial charge on any atom is 0.145 e. The molecule has 0 atom stereocenters. The molecule has 3 N–H and O–H groups in total. The van der Waals surface area contributed by atoms with Gasteiger partial charge in [-0.1, -0.05) is 20.8 Å². The van der Waals surface area contributed by atoms with Gasteiger partial charge in [-0.2, -0.15) is 0 Å². The highest BCUT2D eigenvalue weighted by Gasteiger charge is 2.10. The van der Waals surface area contributed by atoms with Crippen LogP contribution in [0.2, 0.25) is 0 Å². The molecule has 1 heterocycles. The third-order valence-electron chi connectivity index (χ3n) is 2.69. The Hall–Kier alpha value is -1.36. The van der Waals surface area contributed by atoms with Crippen molar-refractivity contribution in [2.24, 2.45) is 5.84 Å². The van der Waals surface area contributed by atoms with Gasteiger partial charge in [0.1, 0.15) is 17.5 Å². The molecule has 0 radical (unpaired) electrons. The second-order valence-corrected chi connectivity index (χ2v) is 4.41. The van der Waals surface area contributed by atoms with Gasteiger partial charge in [-0.15, -0.1) is 0 Å². The van der Waals surface area contributed by atoms with Gasteiger partial charge in [0.25, 0.3) is 0 Å². The molecule has 1 aromatic rings. The van der Waals surface area contributed by atoms with Crippen LogP contribution < -0.4 is 16.2 Å². The van der Waals surface area contributed by atoms with E-state index in [2.05, 4.69) is 41.1 Å². The third kappa shape index (κ3) is 4.14. The minimum atomic E-state index is 0.695. The summed E-state index contributed by atoms with van der Waals surface area (Å²) in [6.45, 7) is 8.51. The number of aryl methyl sites for hydroxylation is 1. The molecule has 0 saturated heterocycles. The van der Waals surface area contributed by atoms with E-state index in [4.69, 9.17) is 5.84 Å². The maximum absolute atomic E-state index is 5.47. The number of anilines is 2. The number of nitrogens with one attached hydrogen (secondary N) is 1. The molecule has 1 aromatic heterocycles. The number of nitrogens with two attached hydrogens (primary N) is 1. The van der Waals surface area contributed by atoms with Crippen LogP contribution in [0.5, 0.6) is 0 Å². The van der Waals surface area contributed by atoms with Gasteiger partial charge >= 0.3 is 0 Å². The second kappa shape index (κ2) is 7.87. The lowest BCUT2D eigenvalue weighted by Crippen LogP contribution is -2.26. The first kappa shape index (κ1) is 14.7. The average molecular weight is 251 g/mol. The van der Waals surface area contributed by atoms with Crippen LogP contribution in [0.3, 0.4) is 0 Å². The fourth-order valence-corrected chi connectivity index (χ4v) is 1.94. The first-order valence-electron chi connectivity index (χ1n) is 6.84. The molecule has 1 rings (SSSR count). The van der Waals surface area contributed by atoms with Crippen molar-refractivity contribution in [2.75, 3.05) is 23.4 Å². The molecule has 0 aliphatic heterocycles. The van der Waals surface area contributed by atoms with Crippen LogP contribution in [-0.4, -0.2) is 23.1 Å². The van der Waals surface area contributed by atoms with E-state index < -0.39 is 0 Å². The van der Waals surface area contributed by atoms with Crippen LogP contribution in [0.25, 0.3) is 0 Å². The minimum absolute atomic E-state index is 0.695. The summed E-state index contributed by atoms with van der Waals surface area (Å²) in [4.78, 5) is 11.3. The van der Waals surface area contributed by atoms with Crippen molar-refractivity contribution >= 4 is 11.6 Å². The zero-order valence-electron chi connectivity index (χ0n) is 11.7. The van der Waals surface area contributed by atoms with Crippen LogP contribution in [0.4, 0.5) is 11.6 Å². The fraction of sp³-hybridized carbons (Fsp3) is 0.692. The molecular weight excluding hydrogens is 226 g/mol. The van der Waals surface area contributed by atoms with Crippen molar-refractivity contribution < 1.29 is 0 Å². The van der Waals surface area contributed by atoms with Gasteiger partial charge < -0.3 is 10.3 Å². The molecule has 5 heteroatoms. The normalized spacial score (nSPS) is 10.4. The van der Waals surface area contributed by atoms with Gasteiger partial charge in [0.15, 0.2) is 0 Å². The summed E-state index contributed by atoms with van der Waals surface area (Å²) in [5.74, 6) is 8.01. The average Bonchev–Trinajstić information content (AvgIpc) is 2.38. The summed E-state index contributed by atoms with van der Waals surface area (Å²) in [6, 6.07) is 1.92. The van der Waals surface area contributed by atoms with E-state index in [9.17, 15) is 0 Å². The molecular formula is C13H25N5. The smallest absolute Gasteiger partial charge is 0.145 e. The summed E-state index contributed by atoms with van der Waals surface area (Å²) < 4.78 is 0. The van der Waals surface area contributed by atoms with Gasteiger partial charge in [0.2, 0.25) is 0 Å². The van der Waals surface area contributed by atoms with Crippen molar-refractivity contribution in [1.29, 1.82) is 0 Å². The molecule has 0 unspecified atom stereocenters. The Morgan fingerprint density at radius 2 is 1.78 bits per heavy atom. The number of nitrogens with zero attached hydrogens (tertiary/aromatic N) is 3. The Morgan fingerprint density at radius 1 is 1.11 bits per heavy atom. The predicted octanol–water partition coefficient (Wildman–Crippen LogP) is 2.34. The predicted molar refractivity (Wildman–Crippen MR) is 76.6 cm³/mol. The summed E-state index contributed by atoms with van der Waals surface area (Å²) in [5, 5.41) is 0. The topological polar surface area (TPSA) is 67.1 Å². The van der Waals surface area contributed by atoms with Crippen molar-refractivity contribution in [3.05, 3.63) is 11.9 Å². The van der Waals surface area contributed by atoms with Crippen molar-refractivity contribution in [3.63, 3.8) is 0 Å². The molecule has 0 fully saturated rings. The Bertz CT molecular complexity index is 347. The van der Waals surface area contributed by atoms with Gasteiger partial charge in [-0.25, -0.2) is 15.8 Å². The standard InChI is InChI=1S/C13H25N5/c1-4-7-11-15-12(17-14)10-13(16-11)18(8-5-2)9-6-3/h10H,4-9,14H2,1-3H3,(H,15,16,17). The molecule has 0 aliphatic carbocycles. The number of hydrazine groups is 1. The van der Waals surface area contributed by atoms with E-state index in [1.165, 1.54) is 0 Å². The summed E-state index contributed by atoms with van der Waals surface area (Å²) >= 11 is 0. The van der Waals surface area contributed by atoms with Gasteiger partial charge in [0.05, 0.1) is 0 Å². The van der Waals surface area contributed by atoms with Crippen LogP contribution >= 0.6 is 0 Å². The van der Waals surface area contributed by atoms with E-state index >= 15 is 0 Å². The fourth-order valence-electron chi connectivity index (χ4n) is 1.94. The Kier molecular flexibility index (Phi) is 6.43. The van der Waals surface area contributed by atoms with Gasteiger partial charge in [-0.05, 0) is 19.3 Å². The highest BCUT2D eigenvalue weighted by Crippen LogP contribution is 2.17. The van der Waals surface area contributed by atoms with E-state index in [0.29, 0.717) is 5.82 Å². The number of nitrogen functional groups attached to an aromatic ring is 1. The third-order valence-corrected chi connectivity index (χ3v) is 2.69. The molecule has 18 heavy (non-hydrogen) atoms. The number of rotatable bonds is 8. The number of hydrogen-bond acceptors (Lipinski definition) is 5. The van der Waals surface area contributed by atoms with Gasteiger partial charge in [-0.3, -0.25) is 0 Å². The molecule has 0 aliphatic rings. The molecule has 102 valence electrons. The van der Waals surface area contributed by atoms with E-state index in [1.807, 2.05) is 6.07 Å². The van der Waals surface area contributed by atoms with E-state index in [-0.39, 0.29) is 0 Å². The minimum Gasteiger partial charge on any atom is -0.356 e. The van der Waals surface area contributed by atoms with Crippen LogP contribution in [0, 0.1) is 0 Å². The molecule has 0 bridgehead atoms. The Labute approximate surface area is 110 Å². The van der Waals surface area contributed by atoms with E-state index in [1.54, 1.807) is 0 Å². The summed E-state index contributed by atoms with van der Waals surface area (Å²) in [6.07, 6.45) is 4.14. The largest absolute Gasteiger partial charge is 0.356 e. The molecule has 5 nitrogen and oxygen atoms in total. The quantitative estimate of drug-likeness (QED) is 0.548. The second-order valence-electron chi connectivity index (χ2n) is 4.41. The van der Waals surface area contributed by atoms with Crippen molar-refractivity contribution in [3.8, 4) is 0 Å². The first-order chi connectivity index (χ1) is 8.74. The Morgan fingerprint density at radius 3 is 2.28 bits per heavy atom. The number of aromatic nitrogens is 2. The summed E-state index contributed by atoms with van der Waals surface area (Å²) in [5.41, 5.74) is 2.63. The lowest BCUT2D eigenvalue weighted by Gasteiger charge is -2.23. The van der Waals surface area contributed by atoms with Crippen molar-refractivity contribution in [1.82, 2.24) is 9.97 Å². The highest BCUT2D eigenvalue weighted by molar-refractivity contribution is 5.48. The lowest BCUT2D eigenvalue weighted by atomic mass is 10.3. The molecule has 0 spiro atoms. The monoisotopic (exact) mass is 251 g/mol. The van der Waals surface area contributed by atoms with Crippen LogP contribution in [-0.2, 0) is 6.42 Å². The molecule has 0 saturated carbocycles. The van der Waals surface area contributed by atoms with Crippen LogP contribution in [0.1, 0.15) is 45.9 Å². The maximum atomic E-state index is 5.47. The van der Waals surface area contributed by atoms with Crippen LogP contribution in [0.15, 0.2) is 6.07 Å². The van der Waals surface area contributed by atoms with E-state index in [0.717, 1.165) is 50.4 Å². The molecule has 0 aromatic carbocycles. The van der Waals surface area contributed by atoms with Gasteiger partial charge in [0, 0.05) is 25.6 Å². The summed E-state index contributed by atoms with van der Waals surface area (Å²) in [7, 11) is 0.